The zero-order valence-electron chi connectivity index (χ0n) is 11.5. The molecule has 2 aromatic rings. The minimum absolute atomic E-state index is 0.611. The van der Waals surface area contributed by atoms with Crippen LogP contribution in [0.25, 0.3) is 0 Å². The Morgan fingerprint density at radius 1 is 0.778 bits per heavy atom. The van der Waals surface area contributed by atoms with Crippen LogP contribution in [0.5, 0.6) is 0 Å². The molecule has 94 valence electrons. The highest BCUT2D eigenvalue weighted by atomic mass is 14.5. The Kier molecular flexibility index (Phi) is 3.83. The van der Waals surface area contributed by atoms with Gasteiger partial charge in [0.1, 0.15) is 0 Å². The van der Waals surface area contributed by atoms with E-state index < -0.39 is 0 Å². The van der Waals surface area contributed by atoms with E-state index >= 15 is 0 Å². The van der Waals surface area contributed by atoms with Gasteiger partial charge in [0, 0.05) is 6.54 Å². The molecule has 2 aromatic carbocycles. The molecule has 2 rings (SSSR count). The predicted molar refractivity (Wildman–Crippen MR) is 77.8 cm³/mol. The van der Waals surface area contributed by atoms with Gasteiger partial charge in [0.2, 0.25) is 0 Å². The van der Waals surface area contributed by atoms with Crippen LogP contribution in [0.4, 0.5) is 0 Å². The minimum atomic E-state index is 0.611. The van der Waals surface area contributed by atoms with Crippen molar-refractivity contribution in [1.82, 2.24) is 0 Å². The van der Waals surface area contributed by atoms with Crippen LogP contribution in [0.1, 0.15) is 33.4 Å². The van der Waals surface area contributed by atoms with Crippen molar-refractivity contribution < 1.29 is 0 Å². The fraction of sp³-hybridized carbons (Fsp3) is 0.294. The highest BCUT2D eigenvalue weighted by Crippen LogP contribution is 2.20. The van der Waals surface area contributed by atoms with Crippen molar-refractivity contribution in [3.05, 3.63) is 69.8 Å². The molecule has 1 heteroatoms. The van der Waals surface area contributed by atoms with Gasteiger partial charge in [0.05, 0.1) is 0 Å². The Labute approximate surface area is 110 Å². The minimum Gasteiger partial charge on any atom is -0.326 e. The summed E-state index contributed by atoms with van der Waals surface area (Å²) in [5.41, 5.74) is 13.9. The molecule has 0 saturated carbocycles. The van der Waals surface area contributed by atoms with E-state index in [0.717, 1.165) is 6.42 Å². The molecular formula is C17H21N. The van der Waals surface area contributed by atoms with Crippen LogP contribution >= 0.6 is 0 Å². The molecule has 0 amide bonds. The molecule has 0 spiro atoms. The van der Waals surface area contributed by atoms with Crippen molar-refractivity contribution in [3.63, 3.8) is 0 Å². The first-order chi connectivity index (χ1) is 8.61. The van der Waals surface area contributed by atoms with Crippen LogP contribution in [0.3, 0.4) is 0 Å². The van der Waals surface area contributed by atoms with Crippen LogP contribution in [0.2, 0.25) is 0 Å². The summed E-state index contributed by atoms with van der Waals surface area (Å²) in [6, 6.07) is 13.0. The van der Waals surface area contributed by atoms with E-state index in [1.807, 2.05) is 0 Å². The van der Waals surface area contributed by atoms with Crippen molar-refractivity contribution in [2.75, 3.05) is 0 Å². The molecule has 0 aliphatic carbocycles. The van der Waals surface area contributed by atoms with Gasteiger partial charge in [0.25, 0.3) is 0 Å². The standard InChI is InChI=1S/C17H21N/c1-12-8-14(3)17(9-13(12)2)10-15-6-4-5-7-16(15)11-18/h4-9H,10-11,18H2,1-3H3. The number of rotatable bonds is 3. The first kappa shape index (κ1) is 12.8. The normalized spacial score (nSPS) is 10.7. The van der Waals surface area contributed by atoms with Gasteiger partial charge < -0.3 is 5.73 Å². The van der Waals surface area contributed by atoms with Gasteiger partial charge in [-0.2, -0.15) is 0 Å². The largest absolute Gasteiger partial charge is 0.326 e. The fourth-order valence-corrected chi connectivity index (χ4v) is 2.35. The summed E-state index contributed by atoms with van der Waals surface area (Å²) in [7, 11) is 0. The van der Waals surface area contributed by atoms with Gasteiger partial charge in [-0.15, -0.1) is 0 Å². The lowest BCUT2D eigenvalue weighted by molar-refractivity contribution is 1.01. The highest BCUT2D eigenvalue weighted by molar-refractivity contribution is 5.41. The maximum atomic E-state index is 5.80. The van der Waals surface area contributed by atoms with Gasteiger partial charge in [-0.05, 0) is 60.6 Å². The molecule has 0 heterocycles. The first-order valence-corrected chi connectivity index (χ1v) is 6.45. The molecule has 0 aromatic heterocycles. The van der Waals surface area contributed by atoms with E-state index in [4.69, 9.17) is 5.73 Å². The Morgan fingerprint density at radius 2 is 1.39 bits per heavy atom. The molecule has 0 aliphatic rings. The van der Waals surface area contributed by atoms with Crippen molar-refractivity contribution >= 4 is 0 Å². The summed E-state index contributed by atoms with van der Waals surface area (Å²) < 4.78 is 0. The second-order valence-electron chi connectivity index (χ2n) is 5.01. The van der Waals surface area contributed by atoms with Crippen molar-refractivity contribution in [2.45, 2.75) is 33.7 Å². The van der Waals surface area contributed by atoms with Gasteiger partial charge in [-0.1, -0.05) is 36.4 Å². The lowest BCUT2D eigenvalue weighted by Crippen LogP contribution is -2.03. The summed E-state index contributed by atoms with van der Waals surface area (Å²) in [5.74, 6) is 0. The first-order valence-electron chi connectivity index (χ1n) is 6.45. The quantitative estimate of drug-likeness (QED) is 0.869. The highest BCUT2D eigenvalue weighted by Gasteiger charge is 2.05. The molecule has 0 saturated heterocycles. The molecular weight excluding hydrogens is 218 g/mol. The van der Waals surface area contributed by atoms with E-state index in [0.29, 0.717) is 6.54 Å². The Bertz CT molecular complexity index is 556. The van der Waals surface area contributed by atoms with E-state index in [1.54, 1.807) is 0 Å². The molecule has 18 heavy (non-hydrogen) atoms. The van der Waals surface area contributed by atoms with Gasteiger partial charge in [-0.25, -0.2) is 0 Å². The zero-order valence-corrected chi connectivity index (χ0v) is 11.5. The van der Waals surface area contributed by atoms with Gasteiger partial charge in [0.15, 0.2) is 0 Å². The van der Waals surface area contributed by atoms with Crippen LogP contribution < -0.4 is 5.73 Å². The molecule has 0 radical (unpaired) electrons. The average Bonchev–Trinajstić information content (AvgIpc) is 2.36. The fourth-order valence-electron chi connectivity index (χ4n) is 2.35. The molecule has 1 nitrogen and oxygen atoms in total. The molecule has 0 unspecified atom stereocenters. The Hall–Kier alpha value is -1.60. The maximum Gasteiger partial charge on any atom is 0.0180 e. The lowest BCUT2D eigenvalue weighted by atomic mass is 9.94. The van der Waals surface area contributed by atoms with Crippen LogP contribution in [-0.4, -0.2) is 0 Å². The molecule has 2 N–H and O–H groups in total. The second-order valence-corrected chi connectivity index (χ2v) is 5.01. The number of nitrogens with two attached hydrogens (primary N) is 1. The van der Waals surface area contributed by atoms with E-state index in [1.165, 1.54) is 33.4 Å². The third kappa shape index (κ3) is 2.62. The lowest BCUT2D eigenvalue weighted by Gasteiger charge is -2.12. The van der Waals surface area contributed by atoms with Gasteiger partial charge in [-0.3, -0.25) is 0 Å². The second kappa shape index (κ2) is 5.36. The number of benzene rings is 2. The molecule has 0 bridgehead atoms. The van der Waals surface area contributed by atoms with Crippen LogP contribution in [0.15, 0.2) is 36.4 Å². The monoisotopic (exact) mass is 239 g/mol. The molecule has 0 aliphatic heterocycles. The molecule has 0 fully saturated rings. The van der Waals surface area contributed by atoms with E-state index in [-0.39, 0.29) is 0 Å². The van der Waals surface area contributed by atoms with Crippen molar-refractivity contribution in [3.8, 4) is 0 Å². The van der Waals surface area contributed by atoms with Crippen LogP contribution in [-0.2, 0) is 13.0 Å². The maximum absolute atomic E-state index is 5.80. The summed E-state index contributed by atoms with van der Waals surface area (Å²) in [4.78, 5) is 0. The average molecular weight is 239 g/mol. The van der Waals surface area contributed by atoms with E-state index in [2.05, 4.69) is 57.2 Å². The number of hydrogen-bond acceptors (Lipinski definition) is 1. The molecule has 0 atom stereocenters. The predicted octanol–water partition coefficient (Wildman–Crippen LogP) is 3.66. The Morgan fingerprint density at radius 3 is 2.06 bits per heavy atom. The smallest absolute Gasteiger partial charge is 0.0180 e. The van der Waals surface area contributed by atoms with Crippen molar-refractivity contribution in [2.24, 2.45) is 5.73 Å². The SMILES string of the molecule is Cc1cc(C)c(Cc2ccccc2CN)cc1C. The van der Waals surface area contributed by atoms with E-state index in [9.17, 15) is 0 Å². The van der Waals surface area contributed by atoms with Crippen LogP contribution in [0, 0.1) is 20.8 Å². The van der Waals surface area contributed by atoms with Gasteiger partial charge >= 0.3 is 0 Å². The zero-order chi connectivity index (χ0) is 13.1. The Balaban J connectivity index is 2.37. The topological polar surface area (TPSA) is 26.0 Å². The number of hydrogen-bond donors (Lipinski definition) is 1. The number of aryl methyl sites for hydroxylation is 3. The summed E-state index contributed by atoms with van der Waals surface area (Å²) in [6.07, 6.45) is 0.973. The third-order valence-electron chi connectivity index (χ3n) is 3.67. The summed E-state index contributed by atoms with van der Waals surface area (Å²) in [5, 5.41) is 0. The summed E-state index contributed by atoms with van der Waals surface area (Å²) in [6.45, 7) is 7.14. The third-order valence-corrected chi connectivity index (χ3v) is 3.67. The summed E-state index contributed by atoms with van der Waals surface area (Å²) >= 11 is 0. The van der Waals surface area contributed by atoms with Crippen molar-refractivity contribution in [1.29, 1.82) is 0 Å².